The van der Waals surface area contributed by atoms with Gasteiger partial charge in [0, 0.05) is 47.1 Å². The molecule has 25 heavy (non-hydrogen) atoms. The van der Waals surface area contributed by atoms with Crippen LogP contribution in [0.2, 0.25) is 0 Å². The summed E-state index contributed by atoms with van der Waals surface area (Å²) >= 11 is 0. The molecule has 0 saturated carbocycles. The van der Waals surface area contributed by atoms with Crippen molar-refractivity contribution in [1.29, 1.82) is 0 Å². The molecule has 1 aliphatic heterocycles. The molecule has 3 rings (SSSR count). The minimum absolute atomic E-state index is 0. The second kappa shape index (κ2) is 7.83. The zero-order valence-corrected chi connectivity index (χ0v) is 15.1. The number of hydrogen-bond donors (Lipinski definition) is 4. The molecular weight excluding hydrogens is 347 g/mol. The Bertz CT molecular complexity index is 820. The minimum Gasteiger partial charge on any atom is -0.479 e. The molecule has 0 spiro atoms. The van der Waals surface area contributed by atoms with Crippen LogP contribution < -0.4 is 10.4 Å². The molecule has 0 aliphatic carbocycles. The number of carboxylic acids is 1. The van der Waals surface area contributed by atoms with Crippen LogP contribution >= 0.6 is 0 Å². The topological polar surface area (TPSA) is 147 Å². The molecule has 1 aromatic heterocycles. The van der Waals surface area contributed by atoms with E-state index in [1.807, 2.05) is 0 Å². The summed E-state index contributed by atoms with van der Waals surface area (Å²) in [5.74, 6) is -1.39. The SMILES string of the molecule is O=C(O)[C@H]1O[C@@H](Oc2ccc3ccc(=O)oc3c2)[C@H](O)[C@@H](O)[C@@H]1O.[Na]. The van der Waals surface area contributed by atoms with Crippen LogP contribution in [0, 0.1) is 0 Å². The van der Waals surface area contributed by atoms with Crippen LogP contribution in [0.5, 0.6) is 5.75 Å². The Labute approximate surface area is 162 Å². The Hall–Kier alpha value is -1.46. The smallest absolute Gasteiger partial charge is 0.336 e. The largest absolute Gasteiger partial charge is 0.479 e. The van der Waals surface area contributed by atoms with Crippen molar-refractivity contribution in [1.82, 2.24) is 0 Å². The summed E-state index contributed by atoms with van der Waals surface area (Å²) in [4.78, 5) is 22.3. The predicted octanol–water partition coefficient (Wildman–Crippen LogP) is -1.32. The van der Waals surface area contributed by atoms with Gasteiger partial charge in [0.1, 0.15) is 29.6 Å². The molecule has 1 aliphatic rings. The molecular formula is C15H14NaO9. The third-order valence-corrected chi connectivity index (χ3v) is 3.66. The molecule has 5 atom stereocenters. The van der Waals surface area contributed by atoms with Crippen LogP contribution in [0.4, 0.5) is 0 Å². The molecule has 1 aromatic carbocycles. The number of aliphatic hydroxyl groups is 3. The summed E-state index contributed by atoms with van der Waals surface area (Å²) in [7, 11) is 0. The Morgan fingerprint density at radius 2 is 1.72 bits per heavy atom. The average molecular weight is 361 g/mol. The third-order valence-electron chi connectivity index (χ3n) is 3.66. The number of ether oxygens (including phenoxy) is 2. The quantitative estimate of drug-likeness (QED) is 0.386. The molecule has 2 heterocycles. The molecule has 1 radical (unpaired) electrons. The first-order valence-electron chi connectivity index (χ1n) is 7.00. The van der Waals surface area contributed by atoms with Crippen LogP contribution in [0.25, 0.3) is 11.0 Å². The van der Waals surface area contributed by atoms with E-state index in [-0.39, 0.29) is 40.9 Å². The van der Waals surface area contributed by atoms with E-state index >= 15 is 0 Å². The van der Waals surface area contributed by atoms with Crippen molar-refractivity contribution in [3.05, 3.63) is 40.8 Å². The normalized spacial score (nSPS) is 29.0. The van der Waals surface area contributed by atoms with Gasteiger partial charge in [-0.05, 0) is 18.2 Å². The van der Waals surface area contributed by atoms with Crippen molar-refractivity contribution >= 4 is 46.5 Å². The summed E-state index contributed by atoms with van der Waals surface area (Å²) in [6.45, 7) is 0. The summed E-state index contributed by atoms with van der Waals surface area (Å²) in [5, 5.41) is 38.9. The van der Waals surface area contributed by atoms with Gasteiger partial charge in [0.05, 0.1) is 0 Å². The van der Waals surface area contributed by atoms with Gasteiger partial charge < -0.3 is 34.3 Å². The van der Waals surface area contributed by atoms with Crippen LogP contribution in [-0.2, 0) is 9.53 Å². The van der Waals surface area contributed by atoms with E-state index in [0.29, 0.717) is 5.39 Å². The third kappa shape index (κ3) is 4.04. The van der Waals surface area contributed by atoms with E-state index in [1.165, 1.54) is 18.2 Å². The first-order valence-corrected chi connectivity index (χ1v) is 7.00. The van der Waals surface area contributed by atoms with Crippen LogP contribution in [0.3, 0.4) is 0 Å². The van der Waals surface area contributed by atoms with Crippen molar-refractivity contribution in [3.8, 4) is 5.75 Å². The average Bonchev–Trinajstić information content (AvgIpc) is 2.54. The first-order chi connectivity index (χ1) is 11.4. The van der Waals surface area contributed by atoms with Gasteiger partial charge in [0.2, 0.25) is 6.29 Å². The summed E-state index contributed by atoms with van der Waals surface area (Å²) in [5.41, 5.74) is -0.334. The maximum Gasteiger partial charge on any atom is 0.336 e. The van der Waals surface area contributed by atoms with E-state index in [9.17, 15) is 24.9 Å². The molecule has 0 bridgehead atoms. The Morgan fingerprint density at radius 3 is 2.40 bits per heavy atom. The second-order valence-electron chi connectivity index (χ2n) is 5.31. The monoisotopic (exact) mass is 361 g/mol. The van der Waals surface area contributed by atoms with Crippen molar-refractivity contribution in [2.75, 3.05) is 0 Å². The number of carbonyl (C=O) groups is 1. The molecule has 0 amide bonds. The maximum atomic E-state index is 11.2. The zero-order valence-electron chi connectivity index (χ0n) is 13.1. The van der Waals surface area contributed by atoms with Crippen LogP contribution in [0.15, 0.2) is 39.5 Å². The minimum atomic E-state index is -1.80. The molecule has 10 heteroatoms. The van der Waals surface area contributed by atoms with E-state index in [4.69, 9.17) is 19.0 Å². The van der Waals surface area contributed by atoms with E-state index in [2.05, 4.69) is 0 Å². The molecule has 4 N–H and O–H groups in total. The molecule has 0 unspecified atom stereocenters. The van der Waals surface area contributed by atoms with Crippen LogP contribution in [0.1, 0.15) is 0 Å². The van der Waals surface area contributed by atoms with Crippen molar-refractivity contribution < 1.29 is 39.1 Å². The van der Waals surface area contributed by atoms with Gasteiger partial charge in [-0.2, -0.15) is 0 Å². The first kappa shape index (κ1) is 19.9. The Morgan fingerprint density at radius 1 is 1.04 bits per heavy atom. The standard InChI is InChI=1S/C15H14O9.Na/c16-9-4-2-6-1-3-7(5-8(6)23-9)22-15-12(19)10(17)11(18)13(24-15)14(20)21;/h1-5,10-13,15,17-19H,(H,20,21);/t10-,11-,12+,13-,15+;/m0./s1. The van der Waals surface area contributed by atoms with Crippen molar-refractivity contribution in [3.63, 3.8) is 0 Å². The van der Waals surface area contributed by atoms with Gasteiger partial charge in [-0.15, -0.1) is 0 Å². The number of rotatable bonds is 3. The number of benzene rings is 1. The van der Waals surface area contributed by atoms with Gasteiger partial charge in [-0.25, -0.2) is 9.59 Å². The number of aliphatic hydroxyl groups excluding tert-OH is 3. The molecule has 2 aromatic rings. The number of carboxylic acid groups (broad SMARTS) is 1. The van der Waals surface area contributed by atoms with Gasteiger partial charge in [-0.3, -0.25) is 0 Å². The Balaban J connectivity index is 0.00000225. The Kier molecular flexibility index (Phi) is 6.22. The van der Waals surface area contributed by atoms with Crippen molar-refractivity contribution in [2.45, 2.75) is 30.7 Å². The molecule has 1 saturated heterocycles. The second-order valence-corrected chi connectivity index (χ2v) is 5.31. The van der Waals surface area contributed by atoms with Gasteiger partial charge in [0.25, 0.3) is 0 Å². The fourth-order valence-corrected chi connectivity index (χ4v) is 2.40. The fraction of sp³-hybridized carbons (Fsp3) is 0.333. The summed E-state index contributed by atoms with van der Waals surface area (Å²) in [6.07, 6.45) is -8.52. The van der Waals surface area contributed by atoms with Crippen LogP contribution in [-0.4, -0.2) is 86.7 Å². The van der Waals surface area contributed by atoms with Gasteiger partial charge in [0.15, 0.2) is 6.10 Å². The number of aliphatic carboxylic acids is 1. The number of hydrogen-bond acceptors (Lipinski definition) is 8. The maximum absolute atomic E-state index is 11.2. The fourth-order valence-electron chi connectivity index (χ4n) is 2.40. The van der Waals surface area contributed by atoms with Gasteiger partial charge >= 0.3 is 11.6 Å². The number of fused-ring (bicyclic) bond motifs is 1. The zero-order chi connectivity index (χ0) is 17.4. The summed E-state index contributed by atoms with van der Waals surface area (Å²) < 4.78 is 15.3. The summed E-state index contributed by atoms with van der Waals surface area (Å²) in [6, 6.07) is 7.25. The predicted molar refractivity (Wildman–Crippen MR) is 83.2 cm³/mol. The van der Waals surface area contributed by atoms with E-state index < -0.39 is 42.3 Å². The molecule has 129 valence electrons. The van der Waals surface area contributed by atoms with E-state index in [1.54, 1.807) is 12.1 Å². The van der Waals surface area contributed by atoms with Crippen molar-refractivity contribution in [2.24, 2.45) is 0 Å². The molecule has 1 fully saturated rings. The van der Waals surface area contributed by atoms with E-state index in [0.717, 1.165) is 0 Å². The molecule has 9 nitrogen and oxygen atoms in total. The van der Waals surface area contributed by atoms with Gasteiger partial charge in [-0.1, -0.05) is 0 Å².